The van der Waals surface area contributed by atoms with E-state index in [1.807, 2.05) is 26.0 Å². The van der Waals surface area contributed by atoms with Gasteiger partial charge in [-0.05, 0) is 49.3 Å². The Labute approximate surface area is 220 Å². The largest absolute Gasteiger partial charge is 0.476 e. The van der Waals surface area contributed by atoms with E-state index in [0.29, 0.717) is 10.6 Å². The lowest BCUT2D eigenvalue weighted by Gasteiger charge is -2.49. The van der Waals surface area contributed by atoms with E-state index in [-0.39, 0.29) is 28.5 Å². The molecule has 0 bridgehead atoms. The number of carbonyl (C=O) groups excluding carboxylic acids is 1. The third-order valence-corrected chi connectivity index (χ3v) is 15.0. The SMILES string of the molecule is C[C@@H](O[Si](C)(C)C(C)(C)C)[C@H]1C(=O)N2C(C(=O)O)=C(OP(=O)(c3ccccc3)c3ccccc3)[C@H](C)[C@@H]12. The molecule has 2 aromatic carbocycles. The predicted molar refractivity (Wildman–Crippen MR) is 147 cm³/mol. The van der Waals surface area contributed by atoms with Gasteiger partial charge in [-0.15, -0.1) is 0 Å². The van der Waals surface area contributed by atoms with E-state index >= 15 is 0 Å². The van der Waals surface area contributed by atoms with Crippen LogP contribution in [0.2, 0.25) is 18.1 Å². The number of hydrogen-bond donors (Lipinski definition) is 1. The zero-order chi connectivity index (χ0) is 27.3. The summed E-state index contributed by atoms with van der Waals surface area (Å²) in [6.07, 6.45) is -0.387. The van der Waals surface area contributed by atoms with Crippen LogP contribution in [0.15, 0.2) is 72.1 Å². The highest BCUT2D eigenvalue weighted by molar-refractivity contribution is 7.74. The summed E-state index contributed by atoms with van der Waals surface area (Å²) in [6, 6.07) is 17.1. The number of rotatable bonds is 8. The minimum Gasteiger partial charge on any atom is -0.476 e. The molecular weight excluding hydrogens is 505 g/mol. The van der Waals surface area contributed by atoms with Gasteiger partial charge in [0.15, 0.2) is 14.0 Å². The number of benzene rings is 2. The molecule has 7 nitrogen and oxygen atoms in total. The molecule has 9 heteroatoms. The van der Waals surface area contributed by atoms with Crippen molar-refractivity contribution in [3.05, 3.63) is 72.1 Å². The van der Waals surface area contributed by atoms with E-state index in [2.05, 4.69) is 33.9 Å². The number of β-lactam (4-membered cyclic amide) rings is 1. The van der Waals surface area contributed by atoms with Crippen LogP contribution in [0.1, 0.15) is 34.6 Å². The Kier molecular flexibility index (Phi) is 7.08. The Bertz CT molecular complexity index is 1230. The molecule has 0 aliphatic carbocycles. The van der Waals surface area contributed by atoms with E-state index in [1.165, 1.54) is 4.90 Å². The number of carbonyl (C=O) groups is 2. The third-order valence-electron chi connectivity index (χ3n) is 8.00. The molecule has 1 saturated heterocycles. The fourth-order valence-corrected chi connectivity index (χ4v) is 8.58. The second kappa shape index (κ2) is 9.57. The Morgan fingerprint density at radius 2 is 1.51 bits per heavy atom. The molecule has 1 amide bonds. The first-order valence-electron chi connectivity index (χ1n) is 12.6. The molecular formula is C28H36NO6PSi. The molecule has 0 unspecified atom stereocenters. The number of carboxylic acid groups (broad SMARTS) is 1. The number of amides is 1. The summed E-state index contributed by atoms with van der Waals surface area (Å²) >= 11 is 0. The van der Waals surface area contributed by atoms with Gasteiger partial charge in [0.1, 0.15) is 5.76 Å². The van der Waals surface area contributed by atoms with Crippen molar-refractivity contribution in [2.24, 2.45) is 11.8 Å². The van der Waals surface area contributed by atoms with Crippen molar-refractivity contribution in [1.82, 2.24) is 4.90 Å². The zero-order valence-corrected chi connectivity index (χ0v) is 24.4. The van der Waals surface area contributed by atoms with Crippen molar-refractivity contribution in [3.8, 4) is 0 Å². The maximum Gasteiger partial charge on any atom is 0.356 e. The van der Waals surface area contributed by atoms with Crippen LogP contribution in [0.4, 0.5) is 0 Å². The summed E-state index contributed by atoms with van der Waals surface area (Å²) in [4.78, 5) is 27.1. The molecule has 0 spiro atoms. The number of fused-ring (bicyclic) bond motifs is 1. The molecule has 0 aromatic heterocycles. The van der Waals surface area contributed by atoms with Crippen molar-refractivity contribution < 1.29 is 28.2 Å². The molecule has 2 aliphatic heterocycles. The first-order chi connectivity index (χ1) is 17.2. The highest BCUT2D eigenvalue weighted by atomic mass is 31.2. The standard InChI is InChI=1S/C28H36NO6PSi/c1-18-23-22(19(2)35-37(6,7)28(3,4)5)26(30)29(23)24(27(31)32)25(18)34-36(33,20-14-10-8-11-15-20)21-16-12-9-13-17-21/h8-19,22-23H,1-7H3,(H,31,32)/t18-,19-,22-,23+/m1/s1. The molecule has 2 aliphatic rings. The number of aliphatic carboxylic acids is 1. The molecule has 2 heterocycles. The van der Waals surface area contributed by atoms with Gasteiger partial charge in [-0.1, -0.05) is 64.1 Å². The average Bonchev–Trinajstić information content (AvgIpc) is 3.07. The zero-order valence-electron chi connectivity index (χ0n) is 22.5. The van der Waals surface area contributed by atoms with Crippen molar-refractivity contribution >= 4 is 38.2 Å². The van der Waals surface area contributed by atoms with Crippen LogP contribution in [-0.4, -0.2) is 42.3 Å². The molecule has 1 fully saturated rings. The van der Waals surface area contributed by atoms with Gasteiger partial charge in [-0.2, -0.15) is 0 Å². The summed E-state index contributed by atoms with van der Waals surface area (Å²) in [5, 5.41) is 11.0. The van der Waals surface area contributed by atoms with Gasteiger partial charge in [0.25, 0.3) is 0 Å². The van der Waals surface area contributed by atoms with Crippen LogP contribution in [0, 0.1) is 11.8 Å². The molecule has 4 rings (SSSR count). The van der Waals surface area contributed by atoms with Gasteiger partial charge < -0.3 is 14.1 Å². The summed E-state index contributed by atoms with van der Waals surface area (Å²) < 4.78 is 27.4. The molecule has 198 valence electrons. The minimum absolute atomic E-state index is 0.0359. The molecule has 2 aromatic rings. The predicted octanol–water partition coefficient (Wildman–Crippen LogP) is 5.12. The van der Waals surface area contributed by atoms with Gasteiger partial charge in [-0.25, -0.2) is 4.79 Å². The van der Waals surface area contributed by atoms with Gasteiger partial charge in [-0.3, -0.25) is 14.3 Å². The monoisotopic (exact) mass is 541 g/mol. The highest BCUT2D eigenvalue weighted by Crippen LogP contribution is 2.55. The Hall–Kier alpha value is -2.67. The first-order valence-corrected chi connectivity index (χ1v) is 17.1. The highest BCUT2D eigenvalue weighted by Gasteiger charge is 2.62. The van der Waals surface area contributed by atoms with E-state index in [9.17, 15) is 19.3 Å². The Morgan fingerprint density at radius 1 is 1.03 bits per heavy atom. The maximum atomic E-state index is 14.5. The smallest absolute Gasteiger partial charge is 0.356 e. The molecule has 37 heavy (non-hydrogen) atoms. The summed E-state index contributed by atoms with van der Waals surface area (Å²) in [5.41, 5.74) is -0.231. The number of nitrogens with zero attached hydrogens (tertiary/aromatic N) is 1. The summed E-state index contributed by atoms with van der Waals surface area (Å²) in [6.45, 7) is 14.4. The van der Waals surface area contributed by atoms with Crippen molar-refractivity contribution in [2.75, 3.05) is 0 Å². The van der Waals surface area contributed by atoms with Crippen LogP contribution in [0.25, 0.3) is 0 Å². The van der Waals surface area contributed by atoms with Gasteiger partial charge in [0, 0.05) is 5.92 Å². The lowest BCUT2D eigenvalue weighted by atomic mass is 9.79. The van der Waals surface area contributed by atoms with Crippen LogP contribution in [0.5, 0.6) is 0 Å². The average molecular weight is 542 g/mol. The van der Waals surface area contributed by atoms with Gasteiger partial charge in [0.2, 0.25) is 5.91 Å². The summed E-state index contributed by atoms with van der Waals surface area (Å²) in [5.74, 6) is -2.48. The van der Waals surface area contributed by atoms with Crippen molar-refractivity contribution in [1.29, 1.82) is 0 Å². The Morgan fingerprint density at radius 3 is 1.95 bits per heavy atom. The van der Waals surface area contributed by atoms with E-state index in [4.69, 9.17) is 8.95 Å². The molecule has 0 radical (unpaired) electrons. The van der Waals surface area contributed by atoms with E-state index < -0.39 is 39.5 Å². The van der Waals surface area contributed by atoms with E-state index in [0.717, 1.165) is 0 Å². The lowest BCUT2D eigenvalue weighted by Crippen LogP contribution is -2.65. The van der Waals surface area contributed by atoms with Gasteiger partial charge in [0.05, 0.1) is 28.7 Å². The van der Waals surface area contributed by atoms with Crippen LogP contribution in [0.3, 0.4) is 0 Å². The van der Waals surface area contributed by atoms with Crippen LogP contribution >= 0.6 is 7.37 Å². The maximum absolute atomic E-state index is 14.5. The fraction of sp³-hybridized carbons (Fsp3) is 0.429. The van der Waals surface area contributed by atoms with Crippen LogP contribution in [-0.2, 0) is 23.1 Å². The topological polar surface area (TPSA) is 93.1 Å². The number of hydrogen-bond acceptors (Lipinski definition) is 5. The van der Waals surface area contributed by atoms with Crippen LogP contribution < -0.4 is 10.6 Å². The lowest BCUT2D eigenvalue weighted by molar-refractivity contribution is -0.162. The third kappa shape index (κ3) is 4.60. The van der Waals surface area contributed by atoms with Gasteiger partial charge >= 0.3 is 13.3 Å². The quantitative estimate of drug-likeness (QED) is 0.284. The Balaban J connectivity index is 1.72. The summed E-state index contributed by atoms with van der Waals surface area (Å²) in [7, 11) is -5.88. The molecule has 0 saturated carbocycles. The first kappa shape index (κ1) is 27.4. The normalized spacial score (nSPS) is 22.9. The second-order valence-corrected chi connectivity index (χ2v) is 18.5. The fourth-order valence-electron chi connectivity index (χ4n) is 4.98. The van der Waals surface area contributed by atoms with Crippen molar-refractivity contribution in [3.63, 3.8) is 0 Å². The minimum atomic E-state index is -3.72. The number of carboxylic acids is 1. The molecule has 4 atom stereocenters. The molecule has 1 N–H and O–H groups in total. The van der Waals surface area contributed by atoms with Crippen molar-refractivity contribution in [2.45, 2.75) is 64.9 Å². The second-order valence-electron chi connectivity index (χ2n) is 11.4. The van der Waals surface area contributed by atoms with E-state index in [1.54, 1.807) is 48.5 Å².